The first kappa shape index (κ1) is 34.9. The minimum Gasteiger partial charge on any atom is -0.444 e. The van der Waals surface area contributed by atoms with E-state index in [0.29, 0.717) is 24.4 Å². The number of amides is 4. The number of rotatable bonds is 11. The third kappa shape index (κ3) is 7.19. The molecule has 0 aromatic heterocycles. The van der Waals surface area contributed by atoms with Crippen molar-refractivity contribution in [1.82, 2.24) is 19.8 Å². The highest BCUT2D eigenvalue weighted by Crippen LogP contribution is 2.45. The second kappa shape index (κ2) is 13.4. The lowest BCUT2D eigenvalue weighted by molar-refractivity contribution is -0.143. The van der Waals surface area contributed by atoms with Crippen molar-refractivity contribution in [2.75, 3.05) is 6.54 Å². The fourth-order valence-corrected chi connectivity index (χ4v) is 8.43. The van der Waals surface area contributed by atoms with Gasteiger partial charge in [-0.1, -0.05) is 55.8 Å². The van der Waals surface area contributed by atoms with Gasteiger partial charge in [0.05, 0.1) is 18.3 Å². The van der Waals surface area contributed by atoms with Gasteiger partial charge in [0.1, 0.15) is 23.5 Å². The first-order valence-electron chi connectivity index (χ1n) is 16.5. The highest BCUT2D eigenvalue weighted by molar-refractivity contribution is 7.91. The quantitative estimate of drug-likeness (QED) is 0.334. The number of sulfonamides is 1. The molecule has 4 aliphatic rings. The molecule has 2 aromatic rings. The SMILES string of the molecule is C=C[C@@H]1C[C@]1(NC(=O)[C@@H]1C[C@@H](OC(=O)N2Cc3cccc(Cl)c3C2)CN1C(=O)[C@@H](Cc1ccc(F)cc1)C(C)C)C(=O)NS(=O)(=O)C1CC1. The molecule has 3 fully saturated rings. The Morgan fingerprint density at radius 3 is 2.45 bits per heavy atom. The van der Waals surface area contributed by atoms with Crippen LogP contribution in [0.25, 0.3) is 0 Å². The zero-order valence-corrected chi connectivity index (χ0v) is 28.9. The van der Waals surface area contributed by atoms with Crippen molar-refractivity contribution in [3.05, 3.63) is 82.6 Å². The molecule has 262 valence electrons. The van der Waals surface area contributed by atoms with Gasteiger partial charge in [-0.3, -0.25) is 24.0 Å². The van der Waals surface area contributed by atoms with Gasteiger partial charge in [0.2, 0.25) is 21.8 Å². The Balaban J connectivity index is 1.22. The van der Waals surface area contributed by atoms with E-state index < -0.39 is 68.5 Å². The Morgan fingerprint density at radius 2 is 1.84 bits per heavy atom. The Hall–Kier alpha value is -3.97. The lowest BCUT2D eigenvalue weighted by atomic mass is 9.87. The van der Waals surface area contributed by atoms with Crippen LogP contribution in [0.2, 0.25) is 5.02 Å². The van der Waals surface area contributed by atoms with Gasteiger partial charge in [-0.05, 0) is 66.5 Å². The predicted molar refractivity (Wildman–Crippen MR) is 179 cm³/mol. The number of carbonyl (C=O) groups is 4. The summed E-state index contributed by atoms with van der Waals surface area (Å²) < 4.78 is 46.9. The summed E-state index contributed by atoms with van der Waals surface area (Å²) in [6.07, 6.45) is 1.32. The van der Waals surface area contributed by atoms with Crippen LogP contribution in [-0.2, 0) is 48.7 Å². The van der Waals surface area contributed by atoms with Crippen molar-refractivity contribution in [2.24, 2.45) is 17.8 Å². The summed E-state index contributed by atoms with van der Waals surface area (Å²) in [5.74, 6) is -3.57. The molecule has 0 radical (unpaired) electrons. The Labute approximate surface area is 290 Å². The van der Waals surface area contributed by atoms with Crippen molar-refractivity contribution in [1.29, 1.82) is 0 Å². The molecular weight excluding hydrogens is 675 g/mol. The second-order valence-corrected chi connectivity index (χ2v) is 16.2. The minimum atomic E-state index is -3.89. The fraction of sp³-hybridized carbons (Fsp3) is 0.486. The molecule has 11 nitrogen and oxygen atoms in total. The van der Waals surface area contributed by atoms with Crippen molar-refractivity contribution in [3.8, 4) is 0 Å². The van der Waals surface area contributed by atoms with E-state index in [0.717, 1.165) is 16.7 Å². The van der Waals surface area contributed by atoms with E-state index in [4.69, 9.17) is 16.3 Å². The predicted octanol–water partition coefficient (Wildman–Crippen LogP) is 4.09. The molecule has 0 spiro atoms. The number of hydrogen-bond donors (Lipinski definition) is 2. The normalized spacial score (nSPS) is 25.0. The van der Waals surface area contributed by atoms with Crippen LogP contribution in [0.1, 0.15) is 56.2 Å². The lowest BCUT2D eigenvalue weighted by Gasteiger charge is -2.31. The van der Waals surface area contributed by atoms with E-state index >= 15 is 0 Å². The fourth-order valence-electron chi connectivity index (χ4n) is 6.82. The number of fused-ring (bicyclic) bond motifs is 1. The van der Waals surface area contributed by atoms with Crippen LogP contribution in [-0.4, -0.2) is 71.5 Å². The molecule has 2 heterocycles. The van der Waals surface area contributed by atoms with Crippen LogP contribution in [0.15, 0.2) is 55.1 Å². The van der Waals surface area contributed by atoms with E-state index in [1.54, 1.807) is 18.2 Å². The maximum Gasteiger partial charge on any atom is 0.410 e. The number of hydrogen-bond acceptors (Lipinski definition) is 7. The molecule has 0 bridgehead atoms. The van der Waals surface area contributed by atoms with Gasteiger partial charge in [-0.15, -0.1) is 6.58 Å². The molecule has 6 rings (SSSR count). The Morgan fingerprint density at radius 1 is 1.12 bits per heavy atom. The van der Waals surface area contributed by atoms with Crippen molar-refractivity contribution in [3.63, 3.8) is 0 Å². The molecule has 1 saturated heterocycles. The van der Waals surface area contributed by atoms with Crippen LogP contribution in [0, 0.1) is 23.6 Å². The number of halogens is 2. The molecule has 2 aliphatic heterocycles. The van der Waals surface area contributed by atoms with Gasteiger partial charge >= 0.3 is 6.09 Å². The number of nitrogens with one attached hydrogen (secondary N) is 2. The first-order valence-corrected chi connectivity index (χ1v) is 18.4. The molecule has 2 aliphatic carbocycles. The topological polar surface area (TPSA) is 142 Å². The van der Waals surface area contributed by atoms with E-state index in [9.17, 15) is 32.0 Å². The summed E-state index contributed by atoms with van der Waals surface area (Å²) in [6.45, 7) is 7.98. The average molecular weight is 715 g/mol. The standard InChI is InChI=1S/C35H40ClFN4O7S/c1-4-23-16-35(23,33(44)39-49(46,47)26-12-13-26)38-31(42)30-15-25(48-34(45)40-17-22-6-5-7-29(36)28(22)19-40)18-41(30)32(43)27(20(2)3)14-21-8-10-24(37)11-9-21/h4-11,20,23,25-27,30H,1,12-19H2,2-3H3,(H,38,42)(H,39,44)/t23-,25-,27+,30+,35-/m1/s1. The third-order valence-corrected chi connectivity index (χ3v) is 12.2. The zero-order valence-electron chi connectivity index (χ0n) is 27.4. The average Bonchev–Trinajstić information content (AvgIpc) is 3.94. The monoisotopic (exact) mass is 714 g/mol. The highest BCUT2D eigenvalue weighted by Gasteiger charge is 2.62. The summed E-state index contributed by atoms with van der Waals surface area (Å²) in [4.78, 5) is 58.0. The highest BCUT2D eigenvalue weighted by atomic mass is 35.5. The van der Waals surface area contributed by atoms with Gasteiger partial charge in [0, 0.05) is 29.8 Å². The van der Waals surface area contributed by atoms with Gasteiger partial charge in [-0.2, -0.15) is 0 Å². The van der Waals surface area contributed by atoms with Gasteiger partial charge in [-0.25, -0.2) is 17.6 Å². The lowest BCUT2D eigenvalue weighted by Crippen LogP contribution is -2.57. The molecular formula is C35H40ClFN4O7S. The zero-order chi connectivity index (χ0) is 35.2. The van der Waals surface area contributed by atoms with Crippen molar-refractivity contribution in [2.45, 2.75) is 82.0 Å². The second-order valence-electron chi connectivity index (χ2n) is 13.8. The number of carbonyl (C=O) groups excluding carboxylic acids is 4. The Kier molecular flexibility index (Phi) is 9.53. The van der Waals surface area contributed by atoms with Gasteiger partial charge < -0.3 is 15.0 Å². The van der Waals surface area contributed by atoms with E-state index in [1.165, 1.54) is 28.0 Å². The molecule has 2 saturated carbocycles. The van der Waals surface area contributed by atoms with Gasteiger partial charge in [0.25, 0.3) is 5.91 Å². The van der Waals surface area contributed by atoms with Crippen LogP contribution in [0.3, 0.4) is 0 Å². The molecule has 0 unspecified atom stereocenters. The van der Waals surface area contributed by atoms with Crippen molar-refractivity contribution < 1.29 is 36.7 Å². The molecule has 2 N–H and O–H groups in total. The van der Waals surface area contributed by atoms with Crippen LogP contribution in [0.4, 0.5) is 9.18 Å². The molecule has 4 amide bonds. The molecule has 49 heavy (non-hydrogen) atoms. The largest absolute Gasteiger partial charge is 0.444 e. The summed E-state index contributed by atoms with van der Waals surface area (Å²) in [5, 5.41) is 2.66. The van der Waals surface area contributed by atoms with Crippen LogP contribution in [0.5, 0.6) is 0 Å². The smallest absolute Gasteiger partial charge is 0.410 e. The number of benzene rings is 2. The first-order chi connectivity index (χ1) is 23.2. The summed E-state index contributed by atoms with van der Waals surface area (Å²) in [5.41, 5.74) is 0.925. The maximum atomic E-state index is 14.3. The summed E-state index contributed by atoms with van der Waals surface area (Å²) in [7, 11) is -3.89. The summed E-state index contributed by atoms with van der Waals surface area (Å²) in [6, 6.07) is 10.2. The Bertz CT molecular complexity index is 1780. The minimum absolute atomic E-state index is 0.0386. The van der Waals surface area contributed by atoms with Crippen molar-refractivity contribution >= 4 is 45.4 Å². The maximum absolute atomic E-state index is 14.3. The van der Waals surface area contributed by atoms with Crippen LogP contribution < -0.4 is 10.0 Å². The number of likely N-dealkylation sites (tertiary alicyclic amines) is 1. The van der Waals surface area contributed by atoms with E-state index in [2.05, 4.69) is 16.6 Å². The summed E-state index contributed by atoms with van der Waals surface area (Å²) >= 11 is 6.34. The van der Waals surface area contributed by atoms with Crippen LogP contribution >= 0.6 is 11.6 Å². The van der Waals surface area contributed by atoms with E-state index in [-0.39, 0.29) is 44.2 Å². The van der Waals surface area contributed by atoms with E-state index in [1.807, 2.05) is 26.0 Å². The van der Waals surface area contributed by atoms with Gasteiger partial charge in [0.15, 0.2) is 0 Å². The molecule has 2 aromatic carbocycles. The molecule has 5 atom stereocenters. The third-order valence-electron chi connectivity index (χ3n) is 10.0. The molecule has 14 heteroatoms. The number of ether oxygens (including phenoxy) is 1. The number of nitrogens with zero attached hydrogens (tertiary/aromatic N) is 2.